The Labute approximate surface area is 157 Å². The third kappa shape index (κ3) is 5.18. The number of hydrogen-bond acceptors (Lipinski definition) is 4. The Morgan fingerprint density at radius 3 is 2.11 bits per heavy atom. The van der Waals surface area contributed by atoms with Crippen molar-refractivity contribution in [1.29, 1.82) is 0 Å². The van der Waals surface area contributed by atoms with Crippen molar-refractivity contribution >= 4 is 11.9 Å². The molecule has 0 heterocycles. The van der Waals surface area contributed by atoms with Crippen molar-refractivity contribution in [2.75, 3.05) is 7.11 Å². The van der Waals surface area contributed by atoms with Crippen LogP contribution >= 0.6 is 0 Å². The normalized spacial score (nSPS) is 14.9. The molecule has 0 amide bonds. The van der Waals surface area contributed by atoms with Crippen LogP contribution in [-0.2, 0) is 9.59 Å². The van der Waals surface area contributed by atoms with Gasteiger partial charge in [0.1, 0.15) is 5.75 Å². The Morgan fingerprint density at radius 1 is 1.07 bits per heavy atom. The predicted octanol–water partition coefficient (Wildman–Crippen LogP) is 3.03. The van der Waals surface area contributed by atoms with Crippen molar-refractivity contribution in [2.45, 2.75) is 24.8 Å². The SMILES string of the molecule is COc1ccc(C(CC(C)(N)/C(=C/C(=O)O)C(=O)O)c2ccccc2)cc1. The van der Waals surface area contributed by atoms with Gasteiger partial charge in [0.2, 0.25) is 0 Å². The minimum atomic E-state index is -1.36. The van der Waals surface area contributed by atoms with Crippen molar-refractivity contribution in [2.24, 2.45) is 5.73 Å². The van der Waals surface area contributed by atoms with Crippen LogP contribution in [0.15, 0.2) is 66.2 Å². The minimum absolute atomic E-state index is 0.217. The lowest BCUT2D eigenvalue weighted by atomic mass is 9.77. The van der Waals surface area contributed by atoms with Crippen LogP contribution in [0.4, 0.5) is 0 Å². The Balaban J connectivity index is 2.47. The number of ether oxygens (including phenoxy) is 1. The van der Waals surface area contributed by atoms with Crippen LogP contribution in [0.2, 0.25) is 0 Å². The van der Waals surface area contributed by atoms with Crippen LogP contribution in [0.1, 0.15) is 30.4 Å². The maximum absolute atomic E-state index is 11.6. The molecule has 0 saturated heterocycles. The average molecular weight is 369 g/mol. The standard InChI is InChI=1S/C21H23NO5/c1-21(22,18(20(25)26)12-19(23)24)13-17(14-6-4-3-5-7-14)15-8-10-16(27-2)11-9-15/h3-12,17H,13,22H2,1-2H3,(H,23,24)(H,25,26)/b18-12+. The van der Waals surface area contributed by atoms with E-state index in [0.717, 1.165) is 11.1 Å². The summed E-state index contributed by atoms with van der Waals surface area (Å²) in [5.41, 5.74) is 6.49. The number of nitrogens with two attached hydrogens (primary N) is 1. The number of rotatable bonds is 8. The number of methoxy groups -OCH3 is 1. The van der Waals surface area contributed by atoms with E-state index in [0.29, 0.717) is 11.8 Å². The topological polar surface area (TPSA) is 110 Å². The maximum Gasteiger partial charge on any atom is 0.333 e. The third-order valence-corrected chi connectivity index (χ3v) is 4.46. The van der Waals surface area contributed by atoms with E-state index in [1.807, 2.05) is 54.6 Å². The van der Waals surface area contributed by atoms with Gasteiger partial charge in [-0.05, 0) is 36.6 Å². The molecule has 2 rings (SSSR count). The maximum atomic E-state index is 11.6. The Kier molecular flexibility index (Phi) is 6.36. The van der Waals surface area contributed by atoms with E-state index >= 15 is 0 Å². The number of hydrogen-bond donors (Lipinski definition) is 3. The number of benzene rings is 2. The fraction of sp³-hybridized carbons (Fsp3) is 0.238. The van der Waals surface area contributed by atoms with E-state index in [4.69, 9.17) is 15.6 Å². The Hall–Kier alpha value is -3.12. The van der Waals surface area contributed by atoms with Gasteiger partial charge in [0.25, 0.3) is 0 Å². The molecule has 0 aromatic heterocycles. The number of carbonyl (C=O) groups is 2. The van der Waals surface area contributed by atoms with Gasteiger partial charge in [-0.15, -0.1) is 0 Å². The first kappa shape index (κ1) is 20.2. The molecule has 0 bridgehead atoms. The molecule has 0 spiro atoms. The van der Waals surface area contributed by atoms with Gasteiger partial charge in [-0.2, -0.15) is 0 Å². The van der Waals surface area contributed by atoms with Crippen molar-refractivity contribution in [3.63, 3.8) is 0 Å². The van der Waals surface area contributed by atoms with Crippen LogP contribution < -0.4 is 10.5 Å². The molecular formula is C21H23NO5. The highest BCUT2D eigenvalue weighted by Gasteiger charge is 2.34. The van der Waals surface area contributed by atoms with E-state index < -0.39 is 17.5 Å². The van der Waals surface area contributed by atoms with Gasteiger partial charge in [-0.25, -0.2) is 9.59 Å². The molecular weight excluding hydrogens is 346 g/mol. The monoisotopic (exact) mass is 369 g/mol. The van der Waals surface area contributed by atoms with E-state index in [-0.39, 0.29) is 17.9 Å². The summed E-state index contributed by atoms with van der Waals surface area (Å²) in [6, 6.07) is 17.0. The van der Waals surface area contributed by atoms with Crippen LogP contribution in [0, 0.1) is 0 Å². The minimum Gasteiger partial charge on any atom is -0.497 e. The van der Waals surface area contributed by atoms with E-state index in [9.17, 15) is 14.7 Å². The Morgan fingerprint density at radius 2 is 1.63 bits per heavy atom. The molecule has 0 aliphatic carbocycles. The lowest BCUT2D eigenvalue weighted by Crippen LogP contribution is -2.43. The molecule has 0 aliphatic heterocycles. The van der Waals surface area contributed by atoms with Crippen LogP contribution in [0.25, 0.3) is 0 Å². The summed E-state index contributed by atoms with van der Waals surface area (Å²) in [7, 11) is 1.58. The summed E-state index contributed by atoms with van der Waals surface area (Å²) in [5, 5.41) is 18.5. The second-order valence-corrected chi connectivity index (χ2v) is 6.56. The molecule has 2 aromatic rings. The van der Waals surface area contributed by atoms with Crippen molar-refractivity contribution in [3.8, 4) is 5.75 Å². The van der Waals surface area contributed by atoms with E-state index in [1.165, 1.54) is 6.92 Å². The highest BCUT2D eigenvalue weighted by atomic mass is 16.5. The van der Waals surface area contributed by atoms with Gasteiger partial charge in [0, 0.05) is 17.5 Å². The lowest BCUT2D eigenvalue weighted by Gasteiger charge is -2.31. The summed E-state index contributed by atoms with van der Waals surface area (Å²) in [4.78, 5) is 22.6. The number of carboxylic acids is 2. The molecule has 6 nitrogen and oxygen atoms in total. The first-order chi connectivity index (χ1) is 12.7. The molecule has 2 unspecified atom stereocenters. The lowest BCUT2D eigenvalue weighted by molar-refractivity contribution is -0.135. The molecule has 0 aliphatic rings. The molecule has 6 heteroatoms. The smallest absolute Gasteiger partial charge is 0.333 e. The molecule has 2 atom stereocenters. The average Bonchev–Trinajstić information content (AvgIpc) is 2.64. The van der Waals surface area contributed by atoms with Gasteiger partial charge < -0.3 is 20.7 Å². The Bertz CT molecular complexity index is 825. The summed E-state index contributed by atoms with van der Waals surface area (Å²) >= 11 is 0. The van der Waals surface area contributed by atoms with Crippen LogP contribution in [0.3, 0.4) is 0 Å². The van der Waals surface area contributed by atoms with Crippen LogP contribution in [-0.4, -0.2) is 34.8 Å². The summed E-state index contributed by atoms with van der Waals surface area (Å²) in [6.07, 6.45) is 0.882. The molecule has 142 valence electrons. The predicted molar refractivity (Wildman–Crippen MR) is 102 cm³/mol. The molecule has 0 saturated carbocycles. The molecule has 0 radical (unpaired) electrons. The first-order valence-corrected chi connectivity index (χ1v) is 8.41. The zero-order valence-corrected chi connectivity index (χ0v) is 15.3. The fourth-order valence-corrected chi connectivity index (χ4v) is 3.08. The number of carboxylic acid groups (broad SMARTS) is 2. The van der Waals surface area contributed by atoms with Crippen molar-refractivity contribution in [3.05, 3.63) is 77.4 Å². The third-order valence-electron chi connectivity index (χ3n) is 4.46. The summed E-state index contributed by atoms with van der Waals surface area (Å²) < 4.78 is 5.19. The second kappa shape index (κ2) is 8.51. The highest BCUT2D eigenvalue weighted by Crippen LogP contribution is 2.35. The van der Waals surface area contributed by atoms with Gasteiger partial charge in [-0.1, -0.05) is 42.5 Å². The van der Waals surface area contributed by atoms with Gasteiger partial charge in [0.05, 0.1) is 12.7 Å². The fourth-order valence-electron chi connectivity index (χ4n) is 3.08. The van der Waals surface area contributed by atoms with Gasteiger partial charge in [-0.3, -0.25) is 0 Å². The second-order valence-electron chi connectivity index (χ2n) is 6.56. The quantitative estimate of drug-likeness (QED) is 0.617. The van der Waals surface area contributed by atoms with Gasteiger partial charge in [0.15, 0.2) is 0 Å². The molecule has 27 heavy (non-hydrogen) atoms. The van der Waals surface area contributed by atoms with E-state index in [2.05, 4.69) is 0 Å². The molecule has 4 N–H and O–H groups in total. The van der Waals surface area contributed by atoms with Gasteiger partial charge >= 0.3 is 11.9 Å². The van der Waals surface area contributed by atoms with Crippen LogP contribution in [0.5, 0.6) is 5.75 Å². The highest BCUT2D eigenvalue weighted by molar-refractivity contribution is 5.96. The first-order valence-electron chi connectivity index (χ1n) is 8.41. The molecule has 2 aromatic carbocycles. The zero-order valence-electron chi connectivity index (χ0n) is 15.3. The largest absolute Gasteiger partial charge is 0.497 e. The zero-order chi connectivity index (χ0) is 20.0. The van der Waals surface area contributed by atoms with E-state index in [1.54, 1.807) is 7.11 Å². The number of aliphatic carboxylic acids is 2. The van der Waals surface area contributed by atoms with Crippen molar-refractivity contribution < 1.29 is 24.5 Å². The summed E-state index contributed by atoms with van der Waals surface area (Å²) in [6.45, 7) is 1.54. The van der Waals surface area contributed by atoms with Crippen molar-refractivity contribution in [1.82, 2.24) is 0 Å². The molecule has 0 fully saturated rings. The summed E-state index contributed by atoms with van der Waals surface area (Å²) in [5.74, 6) is -2.20.